The van der Waals surface area contributed by atoms with Crippen LogP contribution in [0.4, 0.5) is 0 Å². The maximum absolute atomic E-state index is 1.50. The van der Waals surface area contributed by atoms with E-state index in [2.05, 4.69) is 0 Å². The van der Waals surface area contributed by atoms with Crippen LogP contribution < -0.4 is 0 Å². The van der Waals surface area contributed by atoms with Gasteiger partial charge in [-0.25, -0.2) is 0 Å². The van der Waals surface area contributed by atoms with Crippen molar-refractivity contribution in [2.45, 2.75) is 38.5 Å². The lowest BCUT2D eigenvalue weighted by molar-refractivity contribution is 0.504. The summed E-state index contributed by atoms with van der Waals surface area (Å²) in [6, 6.07) is 0. The standard InChI is InChI=1S/C6H12/c1-2-4-6-5-3-1/h1-6H2/i1+2. The van der Waals surface area contributed by atoms with E-state index in [1.54, 1.807) is 0 Å². The molecule has 36 valence electrons. The molecule has 0 N–H and O–H groups in total. The van der Waals surface area contributed by atoms with Crippen molar-refractivity contribution < 1.29 is 0 Å². The van der Waals surface area contributed by atoms with Gasteiger partial charge in [0.15, 0.2) is 0 Å². The Morgan fingerprint density at radius 3 is 1.67 bits per heavy atom. The van der Waals surface area contributed by atoms with Crippen LogP contribution in [0, 0.1) is 0 Å². The quantitative estimate of drug-likeness (QED) is 0.424. The molecule has 0 aromatic carbocycles. The Kier molecular flexibility index (Phi) is 1.54. The summed E-state index contributed by atoms with van der Waals surface area (Å²) >= 11 is 0. The molecule has 1 fully saturated rings. The fourth-order valence-electron chi connectivity index (χ4n) is 1.06. The Morgan fingerprint density at radius 2 is 1.50 bits per heavy atom. The summed E-state index contributed by atoms with van der Waals surface area (Å²) in [6.45, 7) is 0. The van der Waals surface area contributed by atoms with Crippen molar-refractivity contribution in [2.24, 2.45) is 0 Å². The van der Waals surface area contributed by atoms with Gasteiger partial charge in [0.1, 0.15) is 0 Å². The van der Waals surface area contributed by atoms with E-state index in [0.29, 0.717) is 0 Å². The topological polar surface area (TPSA) is 0 Å². The normalized spacial score (nSPS) is 24.0. The first kappa shape index (κ1) is 4.17. The first-order chi connectivity index (χ1) is 3.00. The monoisotopic (exact) mass is 86.1 g/mol. The van der Waals surface area contributed by atoms with E-state index in [0.717, 1.165) is 0 Å². The summed E-state index contributed by atoms with van der Waals surface area (Å²) in [6.07, 6.45) is 9.00. The van der Waals surface area contributed by atoms with E-state index < -0.39 is 0 Å². The third-order valence-corrected chi connectivity index (χ3v) is 1.50. The zero-order chi connectivity index (χ0) is 4.24. The minimum atomic E-state index is 1.50. The first-order valence-corrected chi connectivity index (χ1v) is 3.00. The molecule has 1 aliphatic carbocycles. The van der Waals surface area contributed by atoms with Crippen LogP contribution in [-0.2, 0) is 0 Å². The van der Waals surface area contributed by atoms with Crippen LogP contribution in [0.2, 0.25) is 0 Å². The molecule has 1 saturated carbocycles. The molecule has 0 aliphatic heterocycles. The molecule has 0 heteroatoms. The highest BCUT2D eigenvalue weighted by molar-refractivity contribution is 4.51. The molecule has 0 heterocycles. The van der Waals surface area contributed by atoms with Crippen LogP contribution in [0.15, 0.2) is 0 Å². The van der Waals surface area contributed by atoms with Crippen molar-refractivity contribution in [3.8, 4) is 0 Å². The van der Waals surface area contributed by atoms with E-state index in [4.69, 9.17) is 0 Å². The van der Waals surface area contributed by atoms with E-state index in [-0.39, 0.29) is 0 Å². The minimum Gasteiger partial charge on any atom is -0.0533 e. The second-order valence-corrected chi connectivity index (χ2v) is 2.12. The van der Waals surface area contributed by atoms with Gasteiger partial charge < -0.3 is 0 Å². The molecular formula is C6H12. The lowest BCUT2D eigenvalue weighted by atomic mass is 10.2. The highest BCUT2D eigenvalue weighted by Gasteiger charge is 1.95. The molecule has 6 heavy (non-hydrogen) atoms. The zero-order valence-corrected chi connectivity index (χ0v) is 4.24. The summed E-state index contributed by atoms with van der Waals surface area (Å²) in [5.41, 5.74) is 0. The maximum atomic E-state index is 1.50. The molecule has 1 rings (SSSR count). The van der Waals surface area contributed by atoms with Gasteiger partial charge in [0.2, 0.25) is 0 Å². The van der Waals surface area contributed by atoms with E-state index >= 15 is 0 Å². The number of hydrogen-bond acceptors (Lipinski definition) is 0. The van der Waals surface area contributed by atoms with Crippen LogP contribution in [0.3, 0.4) is 0 Å². The van der Waals surface area contributed by atoms with Crippen molar-refractivity contribution in [1.29, 1.82) is 0 Å². The van der Waals surface area contributed by atoms with Crippen molar-refractivity contribution in [1.82, 2.24) is 0 Å². The van der Waals surface area contributed by atoms with Gasteiger partial charge in [-0.2, -0.15) is 0 Å². The van der Waals surface area contributed by atoms with Gasteiger partial charge in [0.05, 0.1) is 0 Å². The Balaban J connectivity index is 2.00. The Labute approximate surface area is 39.6 Å². The summed E-state index contributed by atoms with van der Waals surface area (Å²) in [7, 11) is 0. The average molecular weight is 86.2 g/mol. The predicted molar refractivity (Wildman–Crippen MR) is 27.7 cm³/mol. The second kappa shape index (κ2) is 2.22. The van der Waals surface area contributed by atoms with Crippen LogP contribution in [0.5, 0.6) is 0 Å². The molecule has 0 amide bonds. The zero-order valence-electron chi connectivity index (χ0n) is 4.24. The summed E-state index contributed by atoms with van der Waals surface area (Å²) in [5.74, 6) is 0. The molecule has 0 spiro atoms. The molecule has 0 atom stereocenters. The molecule has 0 unspecified atom stereocenters. The van der Waals surface area contributed by atoms with Crippen molar-refractivity contribution in [2.75, 3.05) is 0 Å². The van der Waals surface area contributed by atoms with E-state index in [9.17, 15) is 0 Å². The molecule has 0 nitrogen and oxygen atoms in total. The molecule has 0 saturated heterocycles. The van der Waals surface area contributed by atoms with Crippen LogP contribution in [0.25, 0.3) is 0 Å². The minimum absolute atomic E-state index is 1.50. The summed E-state index contributed by atoms with van der Waals surface area (Å²) in [4.78, 5) is 0. The van der Waals surface area contributed by atoms with E-state index in [1.807, 2.05) is 0 Å². The number of hydrogen-bond donors (Lipinski definition) is 0. The Bertz CT molecular complexity index is 15.5. The Morgan fingerprint density at radius 1 is 0.833 bits per heavy atom. The van der Waals surface area contributed by atoms with E-state index in [1.165, 1.54) is 38.5 Å². The molecule has 0 radical (unpaired) electrons. The fraction of sp³-hybridized carbons (Fsp3) is 1.00. The SMILES string of the molecule is C1CC[14CH2]CC1. The van der Waals surface area contributed by atoms with Gasteiger partial charge in [-0.05, 0) is 0 Å². The largest absolute Gasteiger partial charge is 0.0533 e. The van der Waals surface area contributed by atoms with Gasteiger partial charge in [-0.15, -0.1) is 0 Å². The molecule has 1 aliphatic rings. The van der Waals surface area contributed by atoms with Crippen molar-refractivity contribution in [3.63, 3.8) is 0 Å². The molecule has 0 bridgehead atoms. The second-order valence-electron chi connectivity index (χ2n) is 2.12. The predicted octanol–water partition coefficient (Wildman–Crippen LogP) is 2.34. The lowest BCUT2D eigenvalue weighted by Crippen LogP contribution is -1.85. The molecule has 0 aromatic rings. The van der Waals surface area contributed by atoms with Crippen molar-refractivity contribution >= 4 is 0 Å². The highest BCUT2D eigenvalue weighted by Crippen LogP contribution is 2.15. The molecule has 0 aromatic heterocycles. The van der Waals surface area contributed by atoms with Gasteiger partial charge in [0, 0.05) is 0 Å². The summed E-state index contributed by atoms with van der Waals surface area (Å²) in [5, 5.41) is 0. The maximum Gasteiger partial charge on any atom is -0.0533 e. The van der Waals surface area contributed by atoms with Crippen LogP contribution in [-0.4, -0.2) is 0 Å². The third kappa shape index (κ3) is 1.00. The fourth-order valence-corrected chi connectivity index (χ4v) is 1.06. The third-order valence-electron chi connectivity index (χ3n) is 1.50. The summed E-state index contributed by atoms with van der Waals surface area (Å²) < 4.78 is 0. The molecular weight excluding hydrogens is 74.1 g/mol. The lowest BCUT2D eigenvalue weighted by Gasteiger charge is -2.05. The van der Waals surface area contributed by atoms with Gasteiger partial charge in [-0.3, -0.25) is 0 Å². The smallest absolute Gasteiger partial charge is 0.0533 e. The Hall–Kier alpha value is 0. The number of rotatable bonds is 0. The van der Waals surface area contributed by atoms with Crippen molar-refractivity contribution in [3.05, 3.63) is 0 Å². The average Bonchev–Trinajstić information content (AvgIpc) is 1.72. The van der Waals surface area contributed by atoms with Gasteiger partial charge in [-0.1, -0.05) is 38.5 Å². The highest BCUT2D eigenvalue weighted by atomic mass is 14.8. The van der Waals surface area contributed by atoms with Crippen LogP contribution in [0.1, 0.15) is 38.5 Å². The van der Waals surface area contributed by atoms with Gasteiger partial charge >= 0.3 is 0 Å². The first-order valence-electron chi connectivity index (χ1n) is 3.00. The van der Waals surface area contributed by atoms with Crippen LogP contribution >= 0.6 is 0 Å². The van der Waals surface area contributed by atoms with Gasteiger partial charge in [0.25, 0.3) is 0 Å².